The first-order valence-electron chi connectivity index (χ1n) is 10.9. The Balaban J connectivity index is 2.70. The van der Waals surface area contributed by atoms with Crippen LogP contribution in [0.3, 0.4) is 0 Å². The maximum Gasteiger partial charge on any atom is 0.203 e. The van der Waals surface area contributed by atoms with Crippen LogP contribution in [0.2, 0.25) is 0 Å². The molecule has 2 aromatic carbocycles. The first-order valence-corrected chi connectivity index (χ1v) is 10.9. The van der Waals surface area contributed by atoms with Gasteiger partial charge in [-0.1, -0.05) is 12.1 Å². The number of methoxy groups -OCH3 is 5. The van der Waals surface area contributed by atoms with Crippen molar-refractivity contribution in [2.24, 2.45) is 4.99 Å². The molecule has 0 aromatic heterocycles. The first kappa shape index (κ1) is 26.3. The van der Waals surface area contributed by atoms with Gasteiger partial charge in [0.2, 0.25) is 5.75 Å². The lowest BCUT2D eigenvalue weighted by Crippen LogP contribution is -2.05. The van der Waals surface area contributed by atoms with Crippen LogP contribution in [0, 0.1) is 11.3 Å². The lowest BCUT2D eigenvalue weighted by molar-refractivity contribution is 0.324. The van der Waals surface area contributed by atoms with Crippen LogP contribution >= 0.6 is 0 Å². The number of benzene rings is 2. The average Bonchev–Trinajstić information content (AvgIpc) is 2.88. The molecule has 0 atom stereocenters. The number of nitriles is 1. The summed E-state index contributed by atoms with van der Waals surface area (Å²) in [6.07, 6.45) is 6.47. The van der Waals surface area contributed by atoms with Gasteiger partial charge in [0.1, 0.15) is 11.8 Å². The SMILES string of the molecule is C=CCCCC/N=C(C#N)\C(=C\c1ccc(OC)c(OC)c1)c1ccc(OC)c(OC)c1OC. The van der Waals surface area contributed by atoms with Crippen LogP contribution in [-0.4, -0.2) is 47.8 Å². The van der Waals surface area contributed by atoms with E-state index in [0.717, 1.165) is 24.8 Å². The third-order valence-corrected chi connectivity index (χ3v) is 5.16. The van der Waals surface area contributed by atoms with Gasteiger partial charge in [0, 0.05) is 17.7 Å². The highest BCUT2D eigenvalue weighted by molar-refractivity contribution is 6.35. The molecular formula is C27H32N2O5. The number of hydrogen-bond donors (Lipinski definition) is 0. The molecular weight excluding hydrogens is 432 g/mol. The van der Waals surface area contributed by atoms with Crippen molar-refractivity contribution >= 4 is 17.4 Å². The zero-order chi connectivity index (χ0) is 24.9. The summed E-state index contributed by atoms with van der Waals surface area (Å²) in [4.78, 5) is 4.61. The Labute approximate surface area is 201 Å². The standard InChI is InChI=1S/C27H32N2O5/c1-7-8-9-10-15-29-22(18-28)21(16-19-11-13-23(30-2)25(17-19)32-4)20-12-14-24(31-3)27(34-6)26(20)33-5/h7,11-14,16-17H,1,8-10,15H2,2-6H3/b21-16+,29-22-. The van der Waals surface area contributed by atoms with Gasteiger partial charge in [-0.3, -0.25) is 4.99 Å². The van der Waals surface area contributed by atoms with Crippen LogP contribution in [0.25, 0.3) is 11.6 Å². The molecule has 180 valence electrons. The Morgan fingerprint density at radius 2 is 1.56 bits per heavy atom. The van der Waals surface area contributed by atoms with E-state index in [9.17, 15) is 5.26 Å². The summed E-state index contributed by atoms with van der Waals surface area (Å²) >= 11 is 0. The van der Waals surface area contributed by atoms with Crippen LogP contribution in [-0.2, 0) is 0 Å². The Morgan fingerprint density at radius 1 is 0.882 bits per heavy atom. The van der Waals surface area contributed by atoms with Gasteiger partial charge >= 0.3 is 0 Å². The summed E-state index contributed by atoms with van der Waals surface area (Å²) in [5.74, 6) is 2.59. The van der Waals surface area contributed by atoms with Crippen LogP contribution in [0.5, 0.6) is 28.7 Å². The highest BCUT2D eigenvalue weighted by Gasteiger charge is 2.21. The maximum absolute atomic E-state index is 10.0. The fourth-order valence-electron chi connectivity index (χ4n) is 3.47. The van der Waals surface area contributed by atoms with E-state index in [2.05, 4.69) is 17.6 Å². The zero-order valence-electron chi connectivity index (χ0n) is 20.5. The van der Waals surface area contributed by atoms with Crippen LogP contribution < -0.4 is 23.7 Å². The van der Waals surface area contributed by atoms with Crippen molar-refractivity contribution in [3.8, 4) is 34.8 Å². The quantitative estimate of drug-likeness (QED) is 0.166. The molecule has 34 heavy (non-hydrogen) atoms. The zero-order valence-corrected chi connectivity index (χ0v) is 20.5. The van der Waals surface area contributed by atoms with Crippen LogP contribution in [0.15, 0.2) is 48.0 Å². The molecule has 0 amide bonds. The molecule has 2 rings (SSSR count). The molecule has 0 N–H and O–H groups in total. The predicted molar refractivity (Wildman–Crippen MR) is 135 cm³/mol. The summed E-state index contributed by atoms with van der Waals surface area (Å²) in [5, 5.41) is 10.0. The van der Waals surface area contributed by atoms with Crippen LogP contribution in [0.1, 0.15) is 30.4 Å². The van der Waals surface area contributed by atoms with Crippen molar-refractivity contribution in [1.29, 1.82) is 5.26 Å². The number of hydrogen-bond acceptors (Lipinski definition) is 7. The minimum Gasteiger partial charge on any atom is -0.493 e. The number of allylic oxidation sites excluding steroid dienone is 2. The maximum atomic E-state index is 10.0. The molecule has 0 saturated heterocycles. The summed E-state index contributed by atoms with van der Waals surface area (Å²) in [6, 6.07) is 11.4. The lowest BCUT2D eigenvalue weighted by Gasteiger charge is -2.17. The molecule has 0 radical (unpaired) electrons. The first-order chi connectivity index (χ1) is 16.6. The van der Waals surface area contributed by atoms with Gasteiger partial charge in [-0.15, -0.1) is 6.58 Å². The van der Waals surface area contributed by atoms with Gasteiger partial charge < -0.3 is 23.7 Å². The monoisotopic (exact) mass is 464 g/mol. The molecule has 0 aliphatic rings. The number of unbranched alkanes of at least 4 members (excludes halogenated alkanes) is 2. The summed E-state index contributed by atoms with van der Waals surface area (Å²) in [7, 11) is 7.81. The molecule has 7 heteroatoms. The largest absolute Gasteiger partial charge is 0.493 e. The molecule has 0 aliphatic carbocycles. The number of nitrogens with zero attached hydrogens (tertiary/aromatic N) is 2. The van der Waals surface area contributed by atoms with Gasteiger partial charge in [0.05, 0.1) is 35.5 Å². The van der Waals surface area contributed by atoms with Crippen molar-refractivity contribution in [3.05, 3.63) is 54.1 Å². The third-order valence-electron chi connectivity index (χ3n) is 5.16. The second-order valence-corrected chi connectivity index (χ2v) is 7.18. The lowest BCUT2D eigenvalue weighted by atomic mass is 9.96. The molecule has 0 heterocycles. The van der Waals surface area contributed by atoms with Gasteiger partial charge in [-0.2, -0.15) is 5.26 Å². The number of ether oxygens (including phenoxy) is 5. The van der Waals surface area contributed by atoms with Gasteiger partial charge in [-0.25, -0.2) is 0 Å². The summed E-state index contributed by atoms with van der Waals surface area (Å²) < 4.78 is 27.5. The second kappa shape index (κ2) is 13.6. The second-order valence-electron chi connectivity index (χ2n) is 7.18. The third kappa shape index (κ3) is 6.32. The Morgan fingerprint density at radius 3 is 2.15 bits per heavy atom. The molecule has 0 unspecified atom stereocenters. The molecule has 0 saturated carbocycles. The molecule has 0 spiro atoms. The van der Waals surface area contributed by atoms with E-state index < -0.39 is 0 Å². The minimum absolute atomic E-state index is 0.291. The van der Waals surface area contributed by atoms with Crippen molar-refractivity contribution in [3.63, 3.8) is 0 Å². The average molecular weight is 465 g/mol. The summed E-state index contributed by atoms with van der Waals surface area (Å²) in [5.41, 5.74) is 2.34. The topological polar surface area (TPSA) is 82.3 Å². The Hall–Kier alpha value is -3.92. The summed E-state index contributed by atoms with van der Waals surface area (Å²) in [6.45, 7) is 4.27. The highest BCUT2D eigenvalue weighted by atomic mass is 16.5. The number of rotatable bonds is 13. The van der Waals surface area contributed by atoms with Gasteiger partial charge in [0.25, 0.3) is 0 Å². The number of aliphatic imine (C=N–C) groups is 1. The molecule has 2 aromatic rings. The van der Waals surface area contributed by atoms with Crippen molar-refractivity contribution in [2.45, 2.75) is 19.3 Å². The highest BCUT2D eigenvalue weighted by Crippen LogP contribution is 2.43. The van der Waals surface area contributed by atoms with E-state index in [4.69, 9.17) is 23.7 Å². The van der Waals surface area contributed by atoms with E-state index in [-0.39, 0.29) is 0 Å². The molecule has 7 nitrogen and oxygen atoms in total. The predicted octanol–water partition coefficient (Wildman–Crippen LogP) is 5.59. The fraction of sp³-hybridized carbons (Fsp3) is 0.333. The minimum atomic E-state index is 0.291. The van der Waals surface area contributed by atoms with Crippen molar-refractivity contribution in [1.82, 2.24) is 0 Å². The fourth-order valence-corrected chi connectivity index (χ4v) is 3.47. The molecule has 0 fully saturated rings. The van der Waals surface area contributed by atoms with Crippen molar-refractivity contribution < 1.29 is 23.7 Å². The van der Waals surface area contributed by atoms with E-state index in [1.165, 1.54) is 0 Å². The normalized spacial score (nSPS) is 11.4. The van der Waals surface area contributed by atoms with Gasteiger partial charge in [0.15, 0.2) is 23.0 Å². The van der Waals surface area contributed by atoms with Crippen LogP contribution in [0.4, 0.5) is 0 Å². The Kier molecular flexibility index (Phi) is 10.5. The molecule has 0 bridgehead atoms. The smallest absolute Gasteiger partial charge is 0.203 e. The van der Waals surface area contributed by atoms with E-state index in [1.807, 2.05) is 36.4 Å². The molecule has 0 aliphatic heterocycles. The van der Waals surface area contributed by atoms with Crippen molar-refractivity contribution in [2.75, 3.05) is 42.1 Å². The van der Waals surface area contributed by atoms with E-state index in [1.54, 1.807) is 41.6 Å². The van der Waals surface area contributed by atoms with E-state index >= 15 is 0 Å². The van der Waals surface area contributed by atoms with Gasteiger partial charge in [-0.05, 0) is 55.2 Å². The Bertz CT molecular complexity index is 1080. The van der Waals surface area contributed by atoms with E-state index in [0.29, 0.717) is 52.1 Å².